The van der Waals surface area contributed by atoms with Gasteiger partial charge in [0, 0.05) is 21.8 Å². The molecule has 0 saturated carbocycles. The van der Waals surface area contributed by atoms with E-state index >= 15 is 0 Å². The summed E-state index contributed by atoms with van der Waals surface area (Å²) in [5.74, 6) is 0. The molecule has 2 rings (SSSR count). The maximum Gasteiger partial charge on any atom is 0.0394 e. The highest BCUT2D eigenvalue weighted by Gasteiger charge is 2.05. The summed E-state index contributed by atoms with van der Waals surface area (Å²) in [7, 11) is 0. The van der Waals surface area contributed by atoms with E-state index in [0.29, 0.717) is 5.69 Å². The van der Waals surface area contributed by atoms with Gasteiger partial charge in [0.2, 0.25) is 0 Å². The first-order valence-electron chi connectivity index (χ1n) is 4.62. The summed E-state index contributed by atoms with van der Waals surface area (Å²) in [4.78, 5) is 0.841. The predicted molar refractivity (Wildman–Crippen MR) is 68.0 cm³/mol. The molecule has 2 aromatic rings. The number of anilines is 2. The Kier molecular flexibility index (Phi) is 2.56. The van der Waals surface area contributed by atoms with E-state index in [1.54, 1.807) is 0 Å². The molecule has 2 aromatic carbocycles. The lowest BCUT2D eigenvalue weighted by atomic mass is 10.0. The number of benzene rings is 2. The fourth-order valence-corrected chi connectivity index (χ4v) is 1.86. The van der Waals surface area contributed by atoms with Crippen molar-refractivity contribution in [2.45, 2.75) is 4.90 Å². The van der Waals surface area contributed by atoms with Gasteiger partial charge in [-0.2, -0.15) is 0 Å². The van der Waals surface area contributed by atoms with Gasteiger partial charge in [-0.15, -0.1) is 12.6 Å². The third-order valence-corrected chi connectivity index (χ3v) is 2.64. The lowest BCUT2D eigenvalue weighted by molar-refractivity contribution is 1.46. The molecule has 4 N–H and O–H groups in total. The van der Waals surface area contributed by atoms with Crippen molar-refractivity contribution in [2.24, 2.45) is 0 Å². The van der Waals surface area contributed by atoms with Crippen molar-refractivity contribution in [1.29, 1.82) is 0 Å². The maximum atomic E-state index is 5.89. The van der Waals surface area contributed by atoms with Crippen LogP contribution in [0.4, 0.5) is 11.4 Å². The summed E-state index contributed by atoms with van der Waals surface area (Å²) in [6.45, 7) is 0. The van der Waals surface area contributed by atoms with Crippen molar-refractivity contribution >= 4 is 24.0 Å². The molecular formula is C12H12N2S. The number of para-hydroxylation sites is 1. The van der Waals surface area contributed by atoms with Crippen LogP contribution in [0.1, 0.15) is 0 Å². The van der Waals surface area contributed by atoms with Crippen LogP contribution in [0.25, 0.3) is 11.1 Å². The zero-order valence-corrected chi connectivity index (χ0v) is 9.04. The van der Waals surface area contributed by atoms with Crippen LogP contribution < -0.4 is 11.5 Å². The van der Waals surface area contributed by atoms with Crippen LogP contribution in [0.3, 0.4) is 0 Å². The van der Waals surface area contributed by atoms with Gasteiger partial charge in [-0.3, -0.25) is 0 Å². The van der Waals surface area contributed by atoms with Gasteiger partial charge in [0.25, 0.3) is 0 Å². The molecule has 2 nitrogen and oxygen atoms in total. The minimum Gasteiger partial charge on any atom is -0.399 e. The van der Waals surface area contributed by atoms with Gasteiger partial charge in [-0.05, 0) is 23.8 Å². The van der Waals surface area contributed by atoms with Gasteiger partial charge in [0.1, 0.15) is 0 Å². The highest BCUT2D eigenvalue weighted by molar-refractivity contribution is 7.80. The SMILES string of the molecule is Nc1ccc(-c2ccccc2N)c(S)c1. The van der Waals surface area contributed by atoms with E-state index in [1.165, 1.54) is 0 Å². The monoisotopic (exact) mass is 216 g/mol. The third-order valence-electron chi connectivity index (χ3n) is 2.27. The molecule has 0 radical (unpaired) electrons. The Hall–Kier alpha value is -1.61. The summed E-state index contributed by atoms with van der Waals surface area (Å²) >= 11 is 4.39. The van der Waals surface area contributed by atoms with Crippen LogP contribution >= 0.6 is 12.6 Å². The Morgan fingerprint density at radius 2 is 1.60 bits per heavy atom. The van der Waals surface area contributed by atoms with E-state index in [0.717, 1.165) is 21.7 Å². The molecular weight excluding hydrogens is 204 g/mol. The van der Waals surface area contributed by atoms with E-state index in [1.807, 2.05) is 42.5 Å². The first kappa shape index (κ1) is 9.93. The van der Waals surface area contributed by atoms with E-state index in [-0.39, 0.29) is 0 Å². The quantitative estimate of drug-likeness (QED) is 0.507. The highest BCUT2D eigenvalue weighted by atomic mass is 32.1. The Morgan fingerprint density at radius 3 is 2.27 bits per heavy atom. The van der Waals surface area contributed by atoms with Gasteiger partial charge in [-0.1, -0.05) is 24.3 Å². The van der Waals surface area contributed by atoms with Crippen molar-refractivity contribution in [2.75, 3.05) is 11.5 Å². The second-order valence-electron chi connectivity index (χ2n) is 3.36. The van der Waals surface area contributed by atoms with Gasteiger partial charge in [-0.25, -0.2) is 0 Å². The number of hydrogen-bond donors (Lipinski definition) is 3. The molecule has 0 aliphatic carbocycles. The van der Waals surface area contributed by atoms with Crippen LogP contribution in [0.15, 0.2) is 47.4 Å². The molecule has 0 spiro atoms. The van der Waals surface area contributed by atoms with Crippen molar-refractivity contribution < 1.29 is 0 Å². The molecule has 0 heterocycles. The Labute approximate surface area is 94.3 Å². The molecule has 0 bridgehead atoms. The van der Waals surface area contributed by atoms with Crippen molar-refractivity contribution in [3.05, 3.63) is 42.5 Å². The number of rotatable bonds is 1. The number of thiol groups is 1. The molecule has 0 fully saturated rings. The number of nitrogen functional groups attached to an aromatic ring is 2. The Bertz CT molecular complexity index is 495. The number of hydrogen-bond acceptors (Lipinski definition) is 3. The molecule has 0 aromatic heterocycles. The van der Waals surface area contributed by atoms with Gasteiger partial charge in [0.05, 0.1) is 0 Å². The molecule has 15 heavy (non-hydrogen) atoms. The van der Waals surface area contributed by atoms with Crippen LogP contribution in [0, 0.1) is 0 Å². The normalized spacial score (nSPS) is 10.2. The molecule has 76 valence electrons. The van der Waals surface area contributed by atoms with E-state index < -0.39 is 0 Å². The molecule has 3 heteroatoms. The number of nitrogens with two attached hydrogens (primary N) is 2. The maximum absolute atomic E-state index is 5.89. The van der Waals surface area contributed by atoms with E-state index in [4.69, 9.17) is 11.5 Å². The molecule has 0 aliphatic heterocycles. The van der Waals surface area contributed by atoms with Gasteiger partial charge < -0.3 is 11.5 Å². The smallest absolute Gasteiger partial charge is 0.0394 e. The average Bonchev–Trinajstić information content (AvgIpc) is 2.20. The van der Waals surface area contributed by atoms with Crippen LogP contribution in [-0.2, 0) is 0 Å². The molecule has 0 unspecified atom stereocenters. The minimum atomic E-state index is 0.707. The van der Waals surface area contributed by atoms with Crippen LogP contribution in [-0.4, -0.2) is 0 Å². The summed E-state index contributed by atoms with van der Waals surface area (Å²) < 4.78 is 0. The summed E-state index contributed by atoms with van der Waals surface area (Å²) in [6, 6.07) is 13.3. The summed E-state index contributed by atoms with van der Waals surface area (Å²) in [5, 5.41) is 0. The Balaban J connectivity index is 2.60. The molecule has 0 saturated heterocycles. The second kappa shape index (κ2) is 3.87. The van der Waals surface area contributed by atoms with Crippen molar-refractivity contribution in [3.8, 4) is 11.1 Å². The van der Waals surface area contributed by atoms with Crippen LogP contribution in [0.2, 0.25) is 0 Å². The predicted octanol–water partition coefficient (Wildman–Crippen LogP) is 2.81. The second-order valence-corrected chi connectivity index (χ2v) is 3.85. The molecule has 0 aliphatic rings. The standard InChI is InChI=1S/C12H12N2S/c13-8-5-6-10(12(15)7-8)9-3-1-2-4-11(9)14/h1-7,15H,13-14H2. The van der Waals surface area contributed by atoms with E-state index in [2.05, 4.69) is 12.6 Å². The molecule has 0 atom stereocenters. The first-order valence-corrected chi connectivity index (χ1v) is 5.06. The van der Waals surface area contributed by atoms with E-state index in [9.17, 15) is 0 Å². The molecule has 0 amide bonds. The topological polar surface area (TPSA) is 52.0 Å². The lowest BCUT2D eigenvalue weighted by Gasteiger charge is -2.08. The summed E-state index contributed by atoms with van der Waals surface area (Å²) in [6.07, 6.45) is 0. The largest absolute Gasteiger partial charge is 0.399 e. The zero-order chi connectivity index (χ0) is 10.8. The highest BCUT2D eigenvalue weighted by Crippen LogP contribution is 2.31. The fraction of sp³-hybridized carbons (Fsp3) is 0. The fourth-order valence-electron chi connectivity index (χ4n) is 1.52. The zero-order valence-electron chi connectivity index (χ0n) is 8.14. The van der Waals surface area contributed by atoms with Crippen molar-refractivity contribution in [1.82, 2.24) is 0 Å². The average molecular weight is 216 g/mol. The van der Waals surface area contributed by atoms with Crippen LogP contribution in [0.5, 0.6) is 0 Å². The minimum absolute atomic E-state index is 0.707. The first-order chi connectivity index (χ1) is 7.18. The van der Waals surface area contributed by atoms with Gasteiger partial charge in [0.15, 0.2) is 0 Å². The Morgan fingerprint density at radius 1 is 0.867 bits per heavy atom. The van der Waals surface area contributed by atoms with Gasteiger partial charge >= 0.3 is 0 Å². The third kappa shape index (κ3) is 1.92. The summed E-state index contributed by atoms with van der Waals surface area (Å²) in [5.41, 5.74) is 15.0. The lowest BCUT2D eigenvalue weighted by Crippen LogP contribution is -1.91. The van der Waals surface area contributed by atoms with Crippen molar-refractivity contribution in [3.63, 3.8) is 0 Å².